The number of para-hydroxylation sites is 3. The van der Waals surface area contributed by atoms with Crippen molar-refractivity contribution in [1.29, 1.82) is 0 Å². The highest BCUT2D eigenvalue weighted by molar-refractivity contribution is 6.16. The number of likely N-dealkylation sites (N-methyl/N-ethyl adjacent to an activating group) is 1. The number of carbonyl (C=O) groups excluding carboxylic acids is 7. The molecular weight excluding hydrogens is 1290 g/mol. The normalized spacial score (nSPS) is 25.4. The van der Waals surface area contributed by atoms with Gasteiger partial charge in [0.05, 0.1) is 8.52 Å². The summed E-state index contributed by atoms with van der Waals surface area (Å²) < 4.78 is 15.5. The number of alkyl halides is 1. The van der Waals surface area contributed by atoms with Crippen molar-refractivity contribution < 1.29 is 39.3 Å². The minimum Gasteiger partial charge on any atom is -0.355 e. The summed E-state index contributed by atoms with van der Waals surface area (Å²) in [5.74, 6) is 0.618. The van der Waals surface area contributed by atoms with E-state index < -0.39 is 23.4 Å². The van der Waals surface area contributed by atoms with Crippen molar-refractivity contribution in [2.45, 2.75) is 124 Å². The Kier molecular flexibility index (Phi) is 16.7. The minimum absolute atomic E-state index is 0.0229. The first kappa shape index (κ1) is 65.1. The Morgan fingerprint density at radius 3 is 1.25 bits per heavy atom. The van der Waals surface area contributed by atoms with Gasteiger partial charge in [-0.2, -0.15) is 0 Å². The number of ketones is 1. The van der Waals surface area contributed by atoms with Crippen LogP contribution in [0.2, 0.25) is 0 Å². The monoisotopic (exact) mass is 1380 g/mol. The largest absolute Gasteiger partial charge is 0.355 e. The zero-order valence-electron chi connectivity index (χ0n) is 59.2. The Morgan fingerprint density at radius 2 is 0.825 bits per heavy atom. The van der Waals surface area contributed by atoms with Crippen LogP contribution in [0.4, 0.5) is 21.5 Å². The van der Waals surface area contributed by atoms with Crippen LogP contribution in [0.15, 0.2) is 182 Å². The fourth-order valence-corrected chi connectivity index (χ4v) is 20.1. The lowest BCUT2D eigenvalue weighted by Crippen LogP contribution is -2.50. The first-order valence-electron chi connectivity index (χ1n) is 37.6. The third-order valence-electron chi connectivity index (χ3n) is 24.9. The molecule has 3 spiro atoms. The molecule has 5 unspecified atom stereocenters. The highest BCUT2D eigenvalue weighted by Crippen LogP contribution is 2.53. The highest BCUT2D eigenvalue weighted by Gasteiger charge is 2.60. The molecule has 17 heteroatoms. The maximum atomic E-state index is 13.9. The van der Waals surface area contributed by atoms with Gasteiger partial charge in [-0.3, -0.25) is 47.8 Å². The van der Waals surface area contributed by atoms with E-state index >= 15 is 0 Å². The van der Waals surface area contributed by atoms with Crippen LogP contribution < -0.4 is 30.7 Å². The summed E-state index contributed by atoms with van der Waals surface area (Å²) in [5.41, 5.74) is 11.9. The molecule has 6 saturated heterocycles. The summed E-state index contributed by atoms with van der Waals surface area (Å²) in [7, 11) is 0.814. The molecule has 103 heavy (non-hydrogen) atoms. The van der Waals surface area contributed by atoms with Crippen LogP contribution in [-0.2, 0) is 64.3 Å². The SMILES string of the molecule is CN1CC2(CC1=O)C(=O)N(C1CCN(C3Cc4cccc5cccc3c45)CC1)c1ccccc12.O=C1CC2(CN1)C(=O)N(C1CCN(C3Cc4cccc5cccc3c45)CC1)c1ccccc12.O=C1CC2(CN1)C(=O)N(C1CCNCC1)c1ccccc12.O=C1Cc2cccc3cccc1c23.[2H]CF. The summed E-state index contributed by atoms with van der Waals surface area (Å²) in [6.07, 6.45) is 9.35. The van der Waals surface area contributed by atoms with Crippen LogP contribution in [0.3, 0.4) is 0 Å². The molecule has 12 aliphatic rings. The van der Waals surface area contributed by atoms with Gasteiger partial charge in [0.1, 0.15) is 16.2 Å². The molecule has 3 aliphatic carbocycles. The van der Waals surface area contributed by atoms with Crippen LogP contribution >= 0.6 is 0 Å². The standard InChI is InChI=1S/C29H29N3O2.C28H27N3O2.C16H19N3O2.C12H8O.CH3F/c1-30-18-29(17-26(30)33)23-10-2-3-11-24(23)32(28(29)34)21-12-14-31(15-13-21)25-16-20-8-4-6-19-7-5-9-22(25)27(19)20;32-25-16-28(17-29-25)22-9-1-2-10-23(22)31(27(28)33)20-11-13-30(14-12-20)24-15-19-7-3-5-18-6-4-8-21(24)26(18)19;20-14-9-16(10-18-14)12-3-1-2-4-13(12)19(15(16)21)11-5-7-17-8-6-11;13-11-7-9-5-1-3-8-4-2-6-10(11)12(8)9;1-2/h2-11,21,25H,12-18H2,1H3;1-10,20,24H,11-17H2,(H,29,32);1-4,11,17H,5-10H2,(H,18,20);1-6H,7H2;1H3/i;;;;1D. The summed E-state index contributed by atoms with van der Waals surface area (Å²) >= 11 is 0. The van der Waals surface area contributed by atoms with Crippen molar-refractivity contribution in [2.24, 2.45) is 0 Å². The molecule has 6 fully saturated rings. The second-order valence-corrected chi connectivity index (χ2v) is 30.3. The number of hydrogen-bond donors (Lipinski definition) is 3. The first-order valence-corrected chi connectivity index (χ1v) is 36.9. The number of likely N-dealkylation sites (tertiary alicyclic amines) is 3. The molecule has 0 radical (unpaired) electrons. The van der Waals surface area contributed by atoms with Crippen LogP contribution in [0.1, 0.15) is 126 Å². The Morgan fingerprint density at radius 1 is 0.437 bits per heavy atom. The zero-order chi connectivity index (χ0) is 71.2. The van der Waals surface area contributed by atoms with E-state index in [4.69, 9.17) is 1.37 Å². The lowest BCUT2D eigenvalue weighted by Gasteiger charge is -2.40. The Bertz CT molecular complexity index is 4970. The predicted molar refractivity (Wildman–Crippen MR) is 399 cm³/mol. The van der Waals surface area contributed by atoms with Crippen LogP contribution in [0, 0.1) is 0 Å². The van der Waals surface area contributed by atoms with E-state index in [1.807, 2.05) is 95.7 Å². The van der Waals surface area contributed by atoms with E-state index in [0.29, 0.717) is 44.6 Å². The number of nitrogens with one attached hydrogen (secondary N) is 3. The highest BCUT2D eigenvalue weighted by atomic mass is 19.1. The van der Waals surface area contributed by atoms with Crippen molar-refractivity contribution >= 4 is 90.6 Å². The fourth-order valence-electron chi connectivity index (χ4n) is 20.1. The number of halogens is 1. The van der Waals surface area contributed by atoms with Crippen molar-refractivity contribution in [3.63, 3.8) is 0 Å². The number of amides is 6. The molecule has 9 aromatic carbocycles. The van der Waals surface area contributed by atoms with Crippen LogP contribution in [0.25, 0.3) is 32.3 Å². The molecule has 3 N–H and O–H groups in total. The number of hydrogen-bond acceptors (Lipinski definition) is 10. The lowest BCUT2D eigenvalue weighted by molar-refractivity contribution is -0.128. The molecule has 9 aromatic rings. The van der Waals surface area contributed by atoms with E-state index in [2.05, 4.69) is 134 Å². The second kappa shape index (κ2) is 26.4. The molecule has 0 aromatic heterocycles. The quantitative estimate of drug-likeness (QED) is 0.150. The topological polar surface area (TPSA) is 175 Å². The fraction of sp³-hybridized carbons (Fsp3) is 0.360. The molecule has 524 valence electrons. The smallest absolute Gasteiger partial charge is 0.240 e. The number of benzene rings is 9. The number of fused-ring (bicyclic) bond motifs is 6. The van der Waals surface area contributed by atoms with Gasteiger partial charge in [0, 0.05) is 131 Å². The third-order valence-corrected chi connectivity index (χ3v) is 24.9. The number of carbonyl (C=O) groups is 7. The summed E-state index contributed by atoms with van der Waals surface area (Å²) in [5, 5.41) is 17.0. The molecule has 5 atom stereocenters. The zero-order valence-corrected chi connectivity index (χ0v) is 58.2. The number of piperidine rings is 3. The minimum atomic E-state index is -1.00. The third kappa shape index (κ3) is 10.8. The molecule has 6 amide bonds. The van der Waals surface area contributed by atoms with Gasteiger partial charge in [-0.25, -0.2) is 0 Å². The van der Waals surface area contributed by atoms with E-state index in [9.17, 15) is 38.0 Å². The second-order valence-electron chi connectivity index (χ2n) is 30.3. The van der Waals surface area contributed by atoms with Crippen LogP contribution in [-0.4, -0.2) is 147 Å². The summed E-state index contributed by atoms with van der Waals surface area (Å²) in [4.78, 5) is 102. The predicted octanol–water partition coefficient (Wildman–Crippen LogP) is 11.5. The maximum absolute atomic E-state index is 13.9. The molecule has 0 saturated carbocycles. The van der Waals surface area contributed by atoms with E-state index in [-0.39, 0.29) is 72.2 Å². The first-order chi connectivity index (χ1) is 50.7. The number of rotatable bonds is 5. The number of Topliss-reactive ketones (excluding diaryl/α,β-unsaturated/α-hetero) is 1. The lowest BCUT2D eigenvalue weighted by atomic mass is 9.81. The van der Waals surface area contributed by atoms with Crippen molar-refractivity contribution in [3.8, 4) is 0 Å². The van der Waals surface area contributed by atoms with Crippen molar-refractivity contribution in [1.82, 2.24) is 30.7 Å². The summed E-state index contributed by atoms with van der Waals surface area (Å²) in [6.45, 7) is 7.16. The molecule has 9 heterocycles. The molecule has 21 rings (SSSR count). The van der Waals surface area contributed by atoms with Crippen LogP contribution in [0.5, 0.6) is 0 Å². The summed E-state index contributed by atoms with van der Waals surface area (Å²) in [6, 6.07) is 64.4. The molecular formula is C86H86FN9O7. The molecule has 0 bridgehead atoms. The van der Waals surface area contributed by atoms with Gasteiger partial charge in [-0.1, -0.05) is 164 Å². The van der Waals surface area contributed by atoms with E-state index in [0.717, 1.165) is 135 Å². The van der Waals surface area contributed by atoms with E-state index in [1.165, 1.54) is 54.7 Å². The maximum Gasteiger partial charge on any atom is 0.240 e. The Hall–Kier alpha value is -9.94. The average molecular weight is 1380 g/mol. The van der Waals surface area contributed by atoms with Gasteiger partial charge in [-0.05, 0) is 159 Å². The molecule has 9 aliphatic heterocycles. The Labute approximate surface area is 600 Å². The Balaban J connectivity index is 0.000000106. The van der Waals surface area contributed by atoms with Gasteiger partial charge in [-0.15, -0.1) is 0 Å². The van der Waals surface area contributed by atoms with Gasteiger partial charge < -0.3 is 35.6 Å². The number of anilines is 3. The molecule has 16 nitrogen and oxygen atoms in total. The van der Waals surface area contributed by atoms with Gasteiger partial charge >= 0.3 is 0 Å². The number of nitrogens with zero attached hydrogens (tertiary/aromatic N) is 6. The van der Waals surface area contributed by atoms with E-state index in [1.54, 1.807) is 4.90 Å². The van der Waals surface area contributed by atoms with Crippen molar-refractivity contribution in [2.75, 3.05) is 87.8 Å². The van der Waals surface area contributed by atoms with Crippen molar-refractivity contribution in [3.05, 3.63) is 232 Å². The van der Waals surface area contributed by atoms with Gasteiger partial charge in [0.2, 0.25) is 35.4 Å². The van der Waals surface area contributed by atoms with Gasteiger partial charge in [0.25, 0.3) is 0 Å². The average Bonchev–Trinajstić information content (AvgIpc) is 1.57. The van der Waals surface area contributed by atoms with Gasteiger partial charge in [0.15, 0.2) is 5.78 Å².